The molecule has 178 valence electrons. The van der Waals surface area contributed by atoms with Crippen LogP contribution in [0.1, 0.15) is 82.8 Å². The van der Waals surface area contributed by atoms with E-state index < -0.39 is 5.60 Å². The second-order valence-corrected chi connectivity index (χ2v) is 12.3. The third kappa shape index (κ3) is 3.62. The van der Waals surface area contributed by atoms with E-state index in [2.05, 4.69) is 33.4 Å². The van der Waals surface area contributed by atoms with Crippen molar-refractivity contribution in [1.29, 1.82) is 0 Å². The Morgan fingerprint density at radius 3 is 2.70 bits per heavy atom. The van der Waals surface area contributed by atoms with Crippen LogP contribution in [0.3, 0.4) is 0 Å². The van der Waals surface area contributed by atoms with Gasteiger partial charge in [-0.15, -0.1) is 0 Å². The average molecular weight is 449 g/mol. The number of fused-ring (bicyclic) bond motifs is 3. The molecule has 0 radical (unpaired) electrons. The Bertz CT molecular complexity index is 994. The topological polar surface area (TPSA) is 46.5 Å². The number of hydrogen-bond acceptors (Lipinski definition) is 3. The van der Waals surface area contributed by atoms with Crippen molar-refractivity contribution in [1.82, 2.24) is 0 Å². The molecule has 6 atom stereocenters. The lowest BCUT2D eigenvalue weighted by Crippen LogP contribution is -2.58. The van der Waals surface area contributed by atoms with E-state index in [0.717, 1.165) is 48.8 Å². The van der Waals surface area contributed by atoms with Gasteiger partial charge in [0.05, 0.1) is 12.2 Å². The summed E-state index contributed by atoms with van der Waals surface area (Å²) in [4.78, 5) is 12.6. The van der Waals surface area contributed by atoms with Gasteiger partial charge in [0.1, 0.15) is 0 Å². The van der Waals surface area contributed by atoms with Crippen molar-refractivity contribution < 1.29 is 14.6 Å². The number of ether oxygens (including phenoxy) is 1. The molecule has 0 aromatic heterocycles. The van der Waals surface area contributed by atoms with Crippen molar-refractivity contribution in [3.63, 3.8) is 0 Å². The van der Waals surface area contributed by atoms with Crippen molar-refractivity contribution in [2.45, 2.75) is 84.2 Å². The normalized spacial score (nSPS) is 42.1. The highest BCUT2D eigenvalue weighted by molar-refractivity contribution is 5.87. The molecule has 4 aliphatic carbocycles. The SMILES string of the molecule is C=C1C[C@]23CC[C@H]4[C@](C)(COC(=O)/C=C/c5ccccc5C)CCC[C@]4(C)[C@H]2CC[C@@]1(O)C3. The zero-order valence-corrected chi connectivity index (χ0v) is 20.7. The van der Waals surface area contributed by atoms with Crippen molar-refractivity contribution in [3.05, 3.63) is 53.6 Å². The number of benzene rings is 1. The zero-order valence-electron chi connectivity index (χ0n) is 20.7. The maximum Gasteiger partial charge on any atom is 0.330 e. The van der Waals surface area contributed by atoms with E-state index in [-0.39, 0.29) is 22.2 Å². The third-order valence-corrected chi connectivity index (χ3v) is 10.4. The van der Waals surface area contributed by atoms with Crippen LogP contribution in [0.4, 0.5) is 0 Å². The fourth-order valence-corrected chi connectivity index (χ4v) is 8.87. The average Bonchev–Trinajstić information content (AvgIpc) is 2.95. The Labute approximate surface area is 199 Å². The summed E-state index contributed by atoms with van der Waals surface area (Å²) in [6.45, 7) is 11.7. The highest BCUT2D eigenvalue weighted by Gasteiger charge is 2.66. The summed E-state index contributed by atoms with van der Waals surface area (Å²) in [5.74, 6) is 0.955. The van der Waals surface area contributed by atoms with Crippen molar-refractivity contribution in [2.24, 2.45) is 28.1 Å². The second-order valence-electron chi connectivity index (χ2n) is 12.3. The molecule has 0 unspecified atom stereocenters. The van der Waals surface area contributed by atoms with Gasteiger partial charge in [-0.05, 0) is 104 Å². The summed E-state index contributed by atoms with van der Waals surface area (Å²) in [5, 5.41) is 11.1. The summed E-state index contributed by atoms with van der Waals surface area (Å²) >= 11 is 0. The Kier molecular flexibility index (Phi) is 5.44. The molecule has 0 amide bonds. The lowest BCUT2D eigenvalue weighted by molar-refractivity contribution is -0.179. The molecule has 0 aliphatic heterocycles. The molecule has 0 saturated heterocycles. The third-order valence-electron chi connectivity index (χ3n) is 10.4. The van der Waals surface area contributed by atoms with Crippen LogP contribution >= 0.6 is 0 Å². The van der Waals surface area contributed by atoms with Crippen LogP contribution in [0.5, 0.6) is 0 Å². The Hall–Kier alpha value is -1.87. The Balaban J connectivity index is 1.31. The largest absolute Gasteiger partial charge is 0.462 e. The van der Waals surface area contributed by atoms with Gasteiger partial charge in [0.2, 0.25) is 0 Å². The van der Waals surface area contributed by atoms with E-state index in [1.165, 1.54) is 25.7 Å². The molecule has 4 saturated carbocycles. The predicted molar refractivity (Wildman–Crippen MR) is 132 cm³/mol. The minimum absolute atomic E-state index is 0.0180. The molecule has 2 bridgehead atoms. The first-order chi connectivity index (χ1) is 15.6. The number of hydrogen-bond donors (Lipinski definition) is 1. The van der Waals surface area contributed by atoms with Gasteiger partial charge >= 0.3 is 5.97 Å². The summed E-state index contributed by atoms with van der Waals surface area (Å²) in [5.41, 5.74) is 3.18. The second kappa shape index (κ2) is 7.83. The first kappa shape index (κ1) is 22.9. The van der Waals surface area contributed by atoms with Gasteiger partial charge in [-0.25, -0.2) is 4.79 Å². The van der Waals surface area contributed by atoms with Crippen molar-refractivity contribution in [3.8, 4) is 0 Å². The Morgan fingerprint density at radius 2 is 1.91 bits per heavy atom. The van der Waals surface area contributed by atoms with Gasteiger partial charge in [0.25, 0.3) is 0 Å². The van der Waals surface area contributed by atoms with Crippen LogP contribution in [0.2, 0.25) is 0 Å². The van der Waals surface area contributed by atoms with Gasteiger partial charge < -0.3 is 9.84 Å². The quantitative estimate of drug-likeness (QED) is 0.319. The maximum absolute atomic E-state index is 12.6. The molecular formula is C30H40O3. The first-order valence-corrected chi connectivity index (χ1v) is 12.9. The van der Waals surface area contributed by atoms with Crippen LogP contribution in [0.15, 0.2) is 42.5 Å². The summed E-state index contributed by atoms with van der Waals surface area (Å²) < 4.78 is 5.89. The van der Waals surface area contributed by atoms with Gasteiger partial charge in [0.15, 0.2) is 0 Å². The fourth-order valence-electron chi connectivity index (χ4n) is 8.87. The summed E-state index contributed by atoms with van der Waals surface area (Å²) in [6, 6.07) is 8.07. The predicted octanol–water partition coefficient (Wildman–Crippen LogP) is 6.64. The van der Waals surface area contributed by atoms with E-state index >= 15 is 0 Å². The number of aryl methyl sites for hydroxylation is 1. The van der Waals surface area contributed by atoms with Crippen LogP contribution in [0, 0.1) is 35.0 Å². The summed E-state index contributed by atoms with van der Waals surface area (Å²) in [7, 11) is 0. The van der Waals surface area contributed by atoms with E-state index in [0.29, 0.717) is 18.4 Å². The molecule has 33 heavy (non-hydrogen) atoms. The molecule has 0 heterocycles. The molecular weight excluding hydrogens is 408 g/mol. The Morgan fingerprint density at radius 1 is 1.15 bits per heavy atom. The maximum atomic E-state index is 12.6. The highest BCUT2D eigenvalue weighted by Crippen LogP contribution is 2.72. The van der Waals surface area contributed by atoms with Crippen molar-refractivity contribution in [2.75, 3.05) is 6.61 Å². The minimum atomic E-state index is -0.614. The molecule has 1 N–H and O–H groups in total. The number of rotatable bonds is 4. The number of carbonyl (C=O) groups is 1. The first-order valence-electron chi connectivity index (χ1n) is 12.9. The van der Waals surface area contributed by atoms with Crippen LogP contribution in [-0.4, -0.2) is 23.3 Å². The standard InChI is InChI=1S/C30H40O3/c1-21-8-5-6-9-23(21)10-11-26(31)33-20-27(3)14-7-15-28(4)24(27)12-16-29-18-22(2)30(32,19-29)17-13-25(28)29/h5-6,8-11,24-25,32H,2,7,12-20H2,1,3-4H3/b11-10+/t24-,25+,27-,28-,29-,30+/m0/s1. The van der Waals surface area contributed by atoms with Crippen molar-refractivity contribution >= 4 is 12.0 Å². The number of aliphatic hydroxyl groups is 1. The smallest absolute Gasteiger partial charge is 0.330 e. The number of carbonyl (C=O) groups excluding carboxylic acids is 1. The molecule has 1 aromatic rings. The van der Waals surface area contributed by atoms with Crippen LogP contribution < -0.4 is 0 Å². The molecule has 1 spiro atoms. The van der Waals surface area contributed by atoms with E-state index in [1.807, 2.05) is 24.3 Å². The zero-order chi connectivity index (χ0) is 23.5. The lowest BCUT2D eigenvalue weighted by Gasteiger charge is -2.64. The highest BCUT2D eigenvalue weighted by atomic mass is 16.5. The molecule has 3 heteroatoms. The van der Waals surface area contributed by atoms with Gasteiger partial charge in [-0.2, -0.15) is 0 Å². The van der Waals surface area contributed by atoms with E-state index in [9.17, 15) is 9.90 Å². The minimum Gasteiger partial charge on any atom is -0.462 e. The van der Waals surface area contributed by atoms with E-state index in [1.54, 1.807) is 6.08 Å². The monoisotopic (exact) mass is 448 g/mol. The molecule has 5 rings (SSSR count). The molecule has 4 fully saturated rings. The van der Waals surface area contributed by atoms with Gasteiger partial charge in [-0.1, -0.05) is 51.1 Å². The fraction of sp³-hybridized carbons (Fsp3) is 0.633. The van der Waals surface area contributed by atoms with Crippen LogP contribution in [-0.2, 0) is 9.53 Å². The number of esters is 1. The molecule has 1 aromatic carbocycles. The summed E-state index contributed by atoms with van der Waals surface area (Å²) in [6.07, 6.45) is 13.3. The van der Waals surface area contributed by atoms with E-state index in [4.69, 9.17) is 4.74 Å². The van der Waals surface area contributed by atoms with Gasteiger partial charge in [-0.3, -0.25) is 0 Å². The lowest BCUT2D eigenvalue weighted by atomic mass is 9.41. The van der Waals surface area contributed by atoms with Gasteiger partial charge in [0, 0.05) is 11.5 Å². The molecule has 4 aliphatic rings. The molecule has 3 nitrogen and oxygen atoms in total. The van der Waals surface area contributed by atoms with Crippen LogP contribution in [0.25, 0.3) is 6.08 Å².